The van der Waals surface area contributed by atoms with Crippen molar-refractivity contribution in [2.45, 2.75) is 30.7 Å². The number of hydrogen-bond donors (Lipinski definition) is 4. The quantitative estimate of drug-likeness (QED) is 0.508. The van der Waals surface area contributed by atoms with E-state index in [2.05, 4.69) is 0 Å². The van der Waals surface area contributed by atoms with Crippen LogP contribution in [-0.4, -0.2) is 64.8 Å². The molecule has 0 saturated carbocycles. The number of aliphatic hydroxyl groups excluding tert-OH is 4. The second-order valence-corrected chi connectivity index (χ2v) is 5.58. The Labute approximate surface area is 141 Å². The average Bonchev–Trinajstić information content (AvgIpc) is 2.62. The largest absolute Gasteiger partial charge is 0.493 e. The highest BCUT2D eigenvalue weighted by Gasteiger charge is 2.45. The molecule has 1 saturated heterocycles. The molecular formula is C16H18O9. The lowest BCUT2D eigenvalue weighted by molar-refractivity contribution is -0.277. The molecule has 9 nitrogen and oxygen atoms in total. The van der Waals surface area contributed by atoms with Crippen LogP contribution in [0.15, 0.2) is 33.5 Å². The first-order valence-electron chi connectivity index (χ1n) is 7.54. The van der Waals surface area contributed by atoms with Crippen molar-refractivity contribution in [1.82, 2.24) is 0 Å². The minimum absolute atomic E-state index is 0.0120. The molecule has 0 bridgehead atoms. The van der Waals surface area contributed by atoms with Gasteiger partial charge in [0.25, 0.3) is 0 Å². The third-order valence-corrected chi connectivity index (χ3v) is 4.01. The van der Waals surface area contributed by atoms with Crippen LogP contribution in [0, 0.1) is 0 Å². The molecule has 1 aliphatic heterocycles. The number of hydrogen-bond acceptors (Lipinski definition) is 9. The Bertz CT molecular complexity index is 800. The number of methoxy groups -OCH3 is 1. The van der Waals surface area contributed by atoms with Gasteiger partial charge < -0.3 is 39.1 Å². The van der Waals surface area contributed by atoms with Crippen molar-refractivity contribution in [2.75, 3.05) is 13.7 Å². The minimum Gasteiger partial charge on any atom is -0.493 e. The van der Waals surface area contributed by atoms with Gasteiger partial charge in [-0.1, -0.05) is 0 Å². The summed E-state index contributed by atoms with van der Waals surface area (Å²) in [5, 5.41) is 39.5. The molecule has 1 aliphatic rings. The van der Waals surface area contributed by atoms with E-state index in [0.29, 0.717) is 5.39 Å². The first kappa shape index (κ1) is 17.6. The van der Waals surface area contributed by atoms with E-state index in [-0.39, 0.29) is 17.1 Å². The summed E-state index contributed by atoms with van der Waals surface area (Å²) in [4.78, 5) is 11.5. The van der Waals surface area contributed by atoms with Gasteiger partial charge >= 0.3 is 5.63 Å². The number of aliphatic hydroxyl groups is 4. The lowest BCUT2D eigenvalue weighted by atomic mass is 9.99. The zero-order chi connectivity index (χ0) is 18.1. The molecule has 9 heteroatoms. The maximum Gasteiger partial charge on any atom is 0.336 e. The van der Waals surface area contributed by atoms with Crippen molar-refractivity contribution in [1.29, 1.82) is 0 Å². The molecule has 25 heavy (non-hydrogen) atoms. The standard InChI is InChI=1S/C16H18O9/c1-22-8-4-2-7-3-5-10(18)24-14(7)15(8)25-16-13(21)12(20)11(19)9(6-17)23-16/h2-5,9,11-13,16-17,19-21H,6H2,1H3/t9-,11-,12+,13-,16+/m1/s1. The molecule has 2 heterocycles. The molecule has 1 fully saturated rings. The zero-order valence-electron chi connectivity index (χ0n) is 13.2. The van der Waals surface area contributed by atoms with Gasteiger partial charge in [0.2, 0.25) is 12.0 Å². The SMILES string of the molecule is COc1ccc2ccc(=O)oc2c1O[C@@H]1O[C@H](CO)[C@@H](O)[C@H](O)[C@H]1O. The summed E-state index contributed by atoms with van der Waals surface area (Å²) in [6, 6.07) is 5.99. The lowest BCUT2D eigenvalue weighted by Gasteiger charge is -2.39. The summed E-state index contributed by atoms with van der Waals surface area (Å²) in [7, 11) is 1.38. The van der Waals surface area contributed by atoms with E-state index in [1.54, 1.807) is 12.1 Å². The van der Waals surface area contributed by atoms with Gasteiger partial charge in [0.15, 0.2) is 11.3 Å². The van der Waals surface area contributed by atoms with Gasteiger partial charge in [-0.25, -0.2) is 4.79 Å². The van der Waals surface area contributed by atoms with Crippen LogP contribution >= 0.6 is 0 Å². The second-order valence-electron chi connectivity index (χ2n) is 5.58. The third kappa shape index (κ3) is 3.20. The van der Waals surface area contributed by atoms with E-state index in [1.165, 1.54) is 19.2 Å². The van der Waals surface area contributed by atoms with Gasteiger partial charge in [-0.15, -0.1) is 0 Å². The number of benzene rings is 1. The third-order valence-electron chi connectivity index (χ3n) is 4.01. The van der Waals surface area contributed by atoms with Gasteiger partial charge in [0, 0.05) is 11.5 Å². The molecule has 1 aromatic carbocycles. The molecular weight excluding hydrogens is 336 g/mol. The van der Waals surface area contributed by atoms with Gasteiger partial charge in [-0.2, -0.15) is 0 Å². The Balaban J connectivity index is 2.01. The number of rotatable bonds is 4. The molecule has 3 rings (SSSR count). The smallest absolute Gasteiger partial charge is 0.336 e. The fourth-order valence-corrected chi connectivity index (χ4v) is 2.64. The predicted molar refractivity (Wildman–Crippen MR) is 83.4 cm³/mol. The first-order valence-corrected chi connectivity index (χ1v) is 7.54. The summed E-state index contributed by atoms with van der Waals surface area (Å²) in [6.07, 6.45) is -7.26. The van der Waals surface area contributed by atoms with E-state index in [0.717, 1.165) is 0 Å². The average molecular weight is 354 g/mol. The fraction of sp³-hybridized carbons (Fsp3) is 0.438. The predicted octanol–water partition coefficient (Wildman–Crippen LogP) is -1.02. The van der Waals surface area contributed by atoms with Crippen LogP contribution in [-0.2, 0) is 4.74 Å². The maximum atomic E-state index is 11.5. The van der Waals surface area contributed by atoms with Crippen LogP contribution < -0.4 is 15.1 Å². The highest BCUT2D eigenvalue weighted by Crippen LogP contribution is 2.37. The molecule has 0 amide bonds. The normalized spacial score (nSPS) is 29.6. The second kappa shape index (κ2) is 6.98. The van der Waals surface area contributed by atoms with Crippen molar-refractivity contribution in [3.05, 3.63) is 34.7 Å². The van der Waals surface area contributed by atoms with Crippen LogP contribution in [0.1, 0.15) is 0 Å². The Hall–Kier alpha value is -2.17. The van der Waals surface area contributed by atoms with Crippen molar-refractivity contribution in [3.8, 4) is 11.5 Å². The van der Waals surface area contributed by atoms with Crippen LogP contribution in [0.4, 0.5) is 0 Å². The Kier molecular flexibility index (Phi) is 4.93. The fourth-order valence-electron chi connectivity index (χ4n) is 2.64. The van der Waals surface area contributed by atoms with Gasteiger partial charge in [-0.05, 0) is 18.2 Å². The van der Waals surface area contributed by atoms with Crippen molar-refractivity contribution in [3.63, 3.8) is 0 Å². The highest BCUT2D eigenvalue weighted by atomic mass is 16.7. The van der Waals surface area contributed by atoms with Crippen LogP contribution in [0.5, 0.6) is 11.5 Å². The monoisotopic (exact) mass is 354 g/mol. The molecule has 1 aromatic heterocycles. The molecule has 5 atom stereocenters. The van der Waals surface area contributed by atoms with E-state index in [4.69, 9.17) is 18.6 Å². The van der Waals surface area contributed by atoms with Crippen molar-refractivity contribution >= 4 is 11.0 Å². The Morgan fingerprint density at radius 2 is 1.80 bits per heavy atom. The topological polar surface area (TPSA) is 139 Å². The molecule has 0 spiro atoms. The first-order chi connectivity index (χ1) is 12.0. The van der Waals surface area contributed by atoms with E-state index in [1.807, 2.05) is 0 Å². The Morgan fingerprint density at radius 3 is 2.48 bits per heavy atom. The summed E-state index contributed by atoms with van der Waals surface area (Å²) >= 11 is 0. The van der Waals surface area contributed by atoms with E-state index >= 15 is 0 Å². The van der Waals surface area contributed by atoms with Crippen LogP contribution in [0.2, 0.25) is 0 Å². The number of fused-ring (bicyclic) bond motifs is 1. The van der Waals surface area contributed by atoms with E-state index < -0.39 is 42.9 Å². The van der Waals surface area contributed by atoms with Gasteiger partial charge in [-0.3, -0.25) is 0 Å². The van der Waals surface area contributed by atoms with E-state index in [9.17, 15) is 25.2 Å². The maximum absolute atomic E-state index is 11.5. The molecule has 2 aromatic rings. The van der Waals surface area contributed by atoms with Crippen LogP contribution in [0.3, 0.4) is 0 Å². The molecule has 0 radical (unpaired) electrons. The van der Waals surface area contributed by atoms with Crippen LogP contribution in [0.25, 0.3) is 11.0 Å². The summed E-state index contributed by atoms with van der Waals surface area (Å²) in [5.41, 5.74) is -0.539. The summed E-state index contributed by atoms with van der Waals surface area (Å²) in [5.74, 6) is 0.195. The lowest BCUT2D eigenvalue weighted by Crippen LogP contribution is -2.60. The summed E-state index contributed by atoms with van der Waals surface area (Å²) in [6.45, 7) is -0.591. The summed E-state index contributed by atoms with van der Waals surface area (Å²) < 4.78 is 21.2. The van der Waals surface area contributed by atoms with Gasteiger partial charge in [0.05, 0.1) is 13.7 Å². The molecule has 0 aliphatic carbocycles. The minimum atomic E-state index is -1.60. The molecule has 4 N–H and O–H groups in total. The molecule has 0 unspecified atom stereocenters. The highest BCUT2D eigenvalue weighted by molar-refractivity contribution is 5.85. The van der Waals surface area contributed by atoms with Crippen molar-refractivity contribution in [2.24, 2.45) is 0 Å². The zero-order valence-corrected chi connectivity index (χ0v) is 13.2. The van der Waals surface area contributed by atoms with Gasteiger partial charge in [0.1, 0.15) is 24.4 Å². The van der Waals surface area contributed by atoms with Crippen molar-refractivity contribution < 1.29 is 39.1 Å². The molecule has 136 valence electrons. The Morgan fingerprint density at radius 1 is 1.08 bits per heavy atom. The number of ether oxygens (including phenoxy) is 3.